The van der Waals surface area contributed by atoms with E-state index in [2.05, 4.69) is 82.5 Å². The highest BCUT2D eigenvalue weighted by Crippen LogP contribution is 2.13. The first-order valence-electron chi connectivity index (χ1n) is 7.34. The van der Waals surface area contributed by atoms with Crippen LogP contribution in [-0.4, -0.2) is 4.57 Å². The minimum Gasteiger partial charge on any atom is -0.350 e. The Morgan fingerprint density at radius 2 is 2.15 bits per heavy atom. The molecule has 0 saturated carbocycles. The smallest absolute Gasteiger partial charge is 0.0477 e. The number of aromatic nitrogens is 1. The fourth-order valence-corrected chi connectivity index (χ4v) is 2.47. The zero-order valence-electron chi connectivity index (χ0n) is 13.5. The van der Waals surface area contributed by atoms with Gasteiger partial charge in [0, 0.05) is 18.6 Å². The van der Waals surface area contributed by atoms with Crippen molar-refractivity contribution in [2.24, 2.45) is 13.0 Å². The van der Waals surface area contributed by atoms with Gasteiger partial charge in [0.25, 0.3) is 0 Å². The SMILES string of the molecule is C=C/C=c1\c(=C/C(C)C(/C=C\CC)=C/C)c(C)cn1C. The van der Waals surface area contributed by atoms with Gasteiger partial charge in [-0.3, -0.25) is 0 Å². The molecule has 0 aliphatic heterocycles. The summed E-state index contributed by atoms with van der Waals surface area (Å²) >= 11 is 0. The minimum absolute atomic E-state index is 0.404. The number of allylic oxidation sites excluding steroid dienone is 5. The van der Waals surface area contributed by atoms with Gasteiger partial charge in [-0.15, -0.1) is 0 Å². The van der Waals surface area contributed by atoms with Crippen LogP contribution in [-0.2, 0) is 7.05 Å². The van der Waals surface area contributed by atoms with Gasteiger partial charge in [0.05, 0.1) is 0 Å². The van der Waals surface area contributed by atoms with E-state index in [-0.39, 0.29) is 0 Å². The molecule has 20 heavy (non-hydrogen) atoms. The maximum atomic E-state index is 3.81. The monoisotopic (exact) mass is 269 g/mol. The molecule has 1 unspecified atom stereocenters. The molecule has 1 aromatic rings. The lowest BCUT2D eigenvalue weighted by atomic mass is 9.98. The van der Waals surface area contributed by atoms with Crippen molar-refractivity contribution in [2.45, 2.75) is 34.1 Å². The van der Waals surface area contributed by atoms with Crippen molar-refractivity contribution >= 4 is 12.2 Å². The largest absolute Gasteiger partial charge is 0.350 e. The summed E-state index contributed by atoms with van der Waals surface area (Å²) in [7, 11) is 2.08. The Morgan fingerprint density at radius 1 is 1.45 bits per heavy atom. The van der Waals surface area contributed by atoms with Crippen molar-refractivity contribution in [1.82, 2.24) is 4.57 Å². The molecule has 0 aliphatic carbocycles. The minimum atomic E-state index is 0.404. The molecule has 0 spiro atoms. The first kappa shape index (κ1) is 16.3. The van der Waals surface area contributed by atoms with E-state index in [0.717, 1.165) is 6.42 Å². The highest BCUT2D eigenvalue weighted by Gasteiger charge is 2.04. The normalized spacial score (nSPS) is 16.1. The Morgan fingerprint density at radius 3 is 2.70 bits per heavy atom. The van der Waals surface area contributed by atoms with Gasteiger partial charge in [0.1, 0.15) is 0 Å². The summed E-state index contributed by atoms with van der Waals surface area (Å²) in [6.45, 7) is 12.5. The average molecular weight is 269 g/mol. The van der Waals surface area contributed by atoms with Crippen LogP contribution in [0.15, 0.2) is 42.7 Å². The highest BCUT2D eigenvalue weighted by atomic mass is 14.9. The third-order valence-electron chi connectivity index (χ3n) is 3.57. The number of hydrogen-bond acceptors (Lipinski definition) is 0. The molecule has 1 heteroatoms. The van der Waals surface area contributed by atoms with E-state index in [1.165, 1.54) is 21.7 Å². The van der Waals surface area contributed by atoms with Gasteiger partial charge >= 0.3 is 0 Å². The molecule has 108 valence electrons. The molecule has 1 atom stereocenters. The highest BCUT2D eigenvalue weighted by molar-refractivity contribution is 5.44. The van der Waals surface area contributed by atoms with Gasteiger partial charge < -0.3 is 4.57 Å². The summed E-state index contributed by atoms with van der Waals surface area (Å²) in [5.41, 5.74) is 2.67. The molecule has 0 aliphatic rings. The second-order valence-corrected chi connectivity index (χ2v) is 5.18. The van der Waals surface area contributed by atoms with Gasteiger partial charge in [0.15, 0.2) is 0 Å². The standard InChI is InChI=1S/C19H27N/c1-7-10-12-17(9-3)15(4)13-18-16(5)14-20(6)19(18)11-8-2/h8-15H,2,7H2,1,3-6H3/b12-10-,17-9+,18-13-,19-11+. The molecule has 1 rings (SSSR count). The summed E-state index contributed by atoms with van der Waals surface area (Å²) < 4.78 is 2.16. The van der Waals surface area contributed by atoms with Crippen LogP contribution in [0.1, 0.15) is 32.8 Å². The van der Waals surface area contributed by atoms with Crippen LogP contribution in [0.4, 0.5) is 0 Å². The van der Waals surface area contributed by atoms with Crippen molar-refractivity contribution in [2.75, 3.05) is 0 Å². The van der Waals surface area contributed by atoms with Gasteiger partial charge in [0.2, 0.25) is 0 Å². The van der Waals surface area contributed by atoms with Gasteiger partial charge in [-0.25, -0.2) is 0 Å². The Kier molecular flexibility index (Phi) is 6.30. The molecule has 0 fully saturated rings. The number of nitrogens with zero attached hydrogens (tertiary/aromatic N) is 1. The van der Waals surface area contributed by atoms with E-state index in [9.17, 15) is 0 Å². The molecule has 0 saturated heterocycles. The second-order valence-electron chi connectivity index (χ2n) is 5.18. The van der Waals surface area contributed by atoms with Gasteiger partial charge in [-0.2, -0.15) is 0 Å². The molecule has 0 N–H and O–H groups in total. The lowest BCUT2D eigenvalue weighted by molar-refractivity contribution is 0.883. The van der Waals surface area contributed by atoms with Crippen LogP contribution in [0.2, 0.25) is 0 Å². The van der Waals surface area contributed by atoms with Crippen molar-refractivity contribution in [3.05, 3.63) is 58.8 Å². The van der Waals surface area contributed by atoms with E-state index in [1.807, 2.05) is 6.08 Å². The van der Waals surface area contributed by atoms with Crippen molar-refractivity contribution in [3.63, 3.8) is 0 Å². The van der Waals surface area contributed by atoms with E-state index >= 15 is 0 Å². The van der Waals surface area contributed by atoms with E-state index in [4.69, 9.17) is 0 Å². The Bertz CT molecular complexity index is 623. The third-order valence-corrected chi connectivity index (χ3v) is 3.57. The van der Waals surface area contributed by atoms with Crippen LogP contribution in [0.5, 0.6) is 0 Å². The van der Waals surface area contributed by atoms with Crippen LogP contribution < -0.4 is 10.6 Å². The first-order valence-corrected chi connectivity index (χ1v) is 7.34. The summed E-state index contributed by atoms with van der Waals surface area (Å²) in [4.78, 5) is 0. The molecular formula is C19H27N. The Balaban J connectivity index is 3.34. The lowest BCUT2D eigenvalue weighted by Gasteiger charge is -2.07. The van der Waals surface area contributed by atoms with E-state index in [1.54, 1.807) is 0 Å². The molecule has 0 amide bonds. The molecular weight excluding hydrogens is 242 g/mol. The zero-order valence-corrected chi connectivity index (χ0v) is 13.5. The maximum absolute atomic E-state index is 3.81. The fourth-order valence-electron chi connectivity index (χ4n) is 2.47. The number of rotatable bonds is 5. The number of aryl methyl sites for hydroxylation is 2. The quantitative estimate of drug-likeness (QED) is 0.719. The summed E-state index contributed by atoms with van der Waals surface area (Å²) in [5.74, 6) is 0.404. The third kappa shape index (κ3) is 3.86. The predicted molar refractivity (Wildman–Crippen MR) is 90.9 cm³/mol. The van der Waals surface area contributed by atoms with Crippen molar-refractivity contribution in [3.8, 4) is 0 Å². The molecule has 1 aromatic heterocycles. The summed E-state index contributed by atoms with van der Waals surface area (Å²) in [6, 6.07) is 0. The number of hydrogen-bond donors (Lipinski definition) is 0. The molecule has 0 radical (unpaired) electrons. The van der Waals surface area contributed by atoms with Gasteiger partial charge in [-0.1, -0.05) is 50.8 Å². The van der Waals surface area contributed by atoms with Crippen LogP contribution in [0, 0.1) is 12.8 Å². The maximum Gasteiger partial charge on any atom is 0.0477 e. The Hall–Kier alpha value is -1.76. The lowest BCUT2D eigenvalue weighted by Crippen LogP contribution is -2.29. The fraction of sp³-hybridized carbons (Fsp3) is 0.368. The van der Waals surface area contributed by atoms with Crippen molar-refractivity contribution in [1.29, 1.82) is 0 Å². The van der Waals surface area contributed by atoms with E-state index in [0.29, 0.717) is 5.92 Å². The predicted octanol–water partition coefficient (Wildman–Crippen LogP) is 3.63. The topological polar surface area (TPSA) is 4.93 Å². The van der Waals surface area contributed by atoms with Crippen LogP contribution in [0.3, 0.4) is 0 Å². The van der Waals surface area contributed by atoms with E-state index < -0.39 is 0 Å². The molecule has 0 aromatic carbocycles. The van der Waals surface area contributed by atoms with Gasteiger partial charge in [-0.05, 0) is 48.6 Å². The average Bonchev–Trinajstić information content (AvgIpc) is 2.67. The van der Waals surface area contributed by atoms with Crippen LogP contribution in [0.25, 0.3) is 12.2 Å². The second kappa shape index (κ2) is 7.74. The first-order chi connectivity index (χ1) is 9.54. The molecule has 0 bridgehead atoms. The Labute approximate surface area is 123 Å². The van der Waals surface area contributed by atoms with Crippen molar-refractivity contribution < 1.29 is 0 Å². The molecule has 1 nitrogen and oxygen atoms in total. The zero-order chi connectivity index (χ0) is 15.1. The summed E-state index contributed by atoms with van der Waals surface area (Å²) in [6.07, 6.45) is 16.2. The molecule has 1 heterocycles. The summed E-state index contributed by atoms with van der Waals surface area (Å²) in [5, 5.41) is 2.53. The van der Waals surface area contributed by atoms with Crippen LogP contribution >= 0.6 is 0 Å².